The van der Waals surface area contributed by atoms with E-state index in [0.717, 1.165) is 21.6 Å². The largest absolute Gasteiger partial charge is 0.506 e. The zero-order valence-electron chi connectivity index (χ0n) is 16.7. The van der Waals surface area contributed by atoms with E-state index in [2.05, 4.69) is 52.6 Å². The van der Waals surface area contributed by atoms with Crippen molar-refractivity contribution in [2.24, 2.45) is 5.10 Å². The zero-order valence-corrected chi connectivity index (χ0v) is 20.7. The van der Waals surface area contributed by atoms with E-state index in [1.54, 1.807) is 19.2 Å². The molecule has 0 aliphatic carbocycles. The van der Waals surface area contributed by atoms with Gasteiger partial charge < -0.3 is 14.4 Å². The maximum Gasteiger partial charge on any atom is 0.250 e. The highest BCUT2D eigenvalue weighted by molar-refractivity contribution is 9.11. The number of phenols is 1. The lowest BCUT2D eigenvalue weighted by molar-refractivity contribution is -0.118. The van der Waals surface area contributed by atoms with Gasteiger partial charge in [0.15, 0.2) is 11.0 Å². The van der Waals surface area contributed by atoms with E-state index in [1.807, 2.05) is 35.8 Å². The van der Waals surface area contributed by atoms with Crippen molar-refractivity contribution in [3.63, 3.8) is 0 Å². The number of thioether (sulfide) groups is 1. The van der Waals surface area contributed by atoms with Gasteiger partial charge in [-0.2, -0.15) is 5.10 Å². The molecule has 0 bridgehead atoms. The monoisotopic (exact) mass is 567 g/mol. The summed E-state index contributed by atoms with van der Waals surface area (Å²) < 4.78 is 8.43. The van der Waals surface area contributed by atoms with E-state index < -0.39 is 0 Å². The van der Waals surface area contributed by atoms with Gasteiger partial charge in [-0.05, 0) is 59.3 Å². The van der Waals surface area contributed by atoms with Crippen LogP contribution in [0.15, 0.2) is 55.6 Å². The van der Waals surface area contributed by atoms with Crippen molar-refractivity contribution in [1.82, 2.24) is 20.2 Å². The summed E-state index contributed by atoms with van der Waals surface area (Å²) in [5.74, 6) is 1.35. The molecule has 3 rings (SSSR count). The number of hydrogen-bond donors (Lipinski definition) is 2. The van der Waals surface area contributed by atoms with Crippen LogP contribution in [0.1, 0.15) is 12.5 Å². The first-order chi connectivity index (χ1) is 14.9. The lowest BCUT2D eigenvalue weighted by atomic mass is 10.2. The Morgan fingerprint density at radius 2 is 2.03 bits per heavy atom. The molecule has 0 saturated heterocycles. The summed E-state index contributed by atoms with van der Waals surface area (Å²) in [6, 6.07) is 11.0. The van der Waals surface area contributed by atoms with Crippen molar-refractivity contribution in [2.45, 2.75) is 18.6 Å². The number of aromatic hydroxyl groups is 1. The number of ether oxygens (including phenoxy) is 1. The summed E-state index contributed by atoms with van der Waals surface area (Å²) in [6.45, 7) is 2.65. The molecule has 0 atom stereocenters. The molecule has 1 amide bonds. The third kappa shape index (κ3) is 5.86. The van der Waals surface area contributed by atoms with Crippen LogP contribution in [0, 0.1) is 0 Å². The molecule has 162 valence electrons. The summed E-state index contributed by atoms with van der Waals surface area (Å²) >= 11 is 7.87. The number of amides is 1. The normalized spacial score (nSPS) is 11.1. The van der Waals surface area contributed by atoms with Crippen LogP contribution in [-0.2, 0) is 11.3 Å². The number of nitrogens with one attached hydrogen (secondary N) is 1. The van der Waals surface area contributed by atoms with Crippen molar-refractivity contribution in [3.8, 4) is 22.9 Å². The molecule has 0 aliphatic rings. The highest BCUT2D eigenvalue weighted by Crippen LogP contribution is 2.30. The maximum atomic E-state index is 12.2. The Bertz CT molecular complexity index is 1100. The van der Waals surface area contributed by atoms with Crippen LogP contribution in [-0.4, -0.2) is 44.9 Å². The molecule has 11 heteroatoms. The molecule has 2 aromatic carbocycles. The molecule has 0 spiro atoms. The number of phenolic OH excluding ortho intramolecular Hbond substituents is 1. The number of halogens is 2. The van der Waals surface area contributed by atoms with E-state index in [4.69, 9.17) is 4.74 Å². The molecule has 1 heterocycles. The van der Waals surface area contributed by atoms with E-state index >= 15 is 0 Å². The standard InChI is InChI=1S/C20H19Br2N5O3S/c1-3-27-19(12-4-6-15(30-2)7-5-12)25-26-20(27)31-11-17(28)24-23-10-13-8-14(21)9-16(22)18(13)29/h4-10,29H,3,11H2,1-2H3,(H,24,28)/b23-10-. The van der Waals surface area contributed by atoms with Crippen LogP contribution >= 0.6 is 43.6 Å². The molecule has 2 N–H and O–H groups in total. The molecule has 3 aromatic rings. The van der Waals surface area contributed by atoms with Crippen molar-refractivity contribution >= 4 is 55.7 Å². The summed E-state index contributed by atoms with van der Waals surface area (Å²) in [5, 5.41) is 23.1. The average molecular weight is 569 g/mol. The highest BCUT2D eigenvalue weighted by atomic mass is 79.9. The molecule has 31 heavy (non-hydrogen) atoms. The van der Waals surface area contributed by atoms with Gasteiger partial charge in [0.2, 0.25) is 0 Å². The Balaban J connectivity index is 1.62. The van der Waals surface area contributed by atoms with Gasteiger partial charge in [-0.25, -0.2) is 5.43 Å². The molecule has 1 aromatic heterocycles. The van der Waals surface area contributed by atoms with Gasteiger partial charge >= 0.3 is 0 Å². The van der Waals surface area contributed by atoms with Gasteiger partial charge in [0.25, 0.3) is 5.91 Å². The lowest BCUT2D eigenvalue weighted by Crippen LogP contribution is -2.20. The van der Waals surface area contributed by atoms with Crippen molar-refractivity contribution in [3.05, 3.63) is 50.9 Å². The van der Waals surface area contributed by atoms with Gasteiger partial charge in [0.05, 0.1) is 23.5 Å². The summed E-state index contributed by atoms with van der Waals surface area (Å²) in [6.07, 6.45) is 1.38. The number of hydrogen-bond acceptors (Lipinski definition) is 7. The maximum absolute atomic E-state index is 12.2. The van der Waals surface area contributed by atoms with Crippen molar-refractivity contribution in [2.75, 3.05) is 12.9 Å². The fourth-order valence-electron chi connectivity index (χ4n) is 2.65. The van der Waals surface area contributed by atoms with Gasteiger partial charge in [-0.15, -0.1) is 10.2 Å². The fourth-order valence-corrected chi connectivity index (χ4v) is 4.71. The third-order valence-corrected chi connectivity index (χ3v) is 6.19. The lowest BCUT2D eigenvalue weighted by Gasteiger charge is -2.07. The van der Waals surface area contributed by atoms with Crippen LogP contribution in [0.3, 0.4) is 0 Å². The minimum absolute atomic E-state index is 0.0395. The molecule has 0 unspecified atom stereocenters. The first kappa shape index (κ1) is 23.3. The molecule has 8 nitrogen and oxygen atoms in total. The predicted octanol–water partition coefficient (Wildman–Crippen LogP) is 4.45. The van der Waals surface area contributed by atoms with Gasteiger partial charge in [0, 0.05) is 22.1 Å². The number of hydrazone groups is 1. The number of nitrogens with zero attached hydrogens (tertiary/aromatic N) is 4. The number of methoxy groups -OCH3 is 1. The first-order valence-electron chi connectivity index (χ1n) is 9.13. The van der Waals surface area contributed by atoms with E-state index in [1.165, 1.54) is 18.0 Å². The SMILES string of the molecule is CCn1c(SCC(=O)N/N=C\c2cc(Br)cc(Br)c2O)nnc1-c1ccc(OC)cc1. The second-order valence-electron chi connectivity index (χ2n) is 6.19. The van der Waals surface area contributed by atoms with Crippen LogP contribution < -0.4 is 10.2 Å². The Hall–Kier alpha value is -2.37. The van der Waals surface area contributed by atoms with Crippen LogP contribution in [0.5, 0.6) is 11.5 Å². The summed E-state index contributed by atoms with van der Waals surface area (Å²) in [5.41, 5.74) is 3.83. The Labute approximate surface area is 200 Å². The van der Waals surface area contributed by atoms with E-state index in [0.29, 0.717) is 21.7 Å². The predicted molar refractivity (Wildman–Crippen MR) is 128 cm³/mol. The number of rotatable bonds is 8. The number of carbonyl (C=O) groups is 1. The second-order valence-corrected chi connectivity index (χ2v) is 8.90. The average Bonchev–Trinajstić information content (AvgIpc) is 3.18. The van der Waals surface area contributed by atoms with Gasteiger partial charge in [-0.1, -0.05) is 27.7 Å². The van der Waals surface area contributed by atoms with Gasteiger partial charge in [0.1, 0.15) is 11.5 Å². The number of aromatic nitrogens is 3. The number of benzene rings is 2. The second kappa shape index (κ2) is 10.8. The Morgan fingerprint density at radius 3 is 2.71 bits per heavy atom. The fraction of sp³-hybridized carbons (Fsp3) is 0.200. The van der Waals surface area contributed by atoms with E-state index in [-0.39, 0.29) is 17.4 Å². The summed E-state index contributed by atoms with van der Waals surface area (Å²) in [4.78, 5) is 12.2. The zero-order chi connectivity index (χ0) is 22.4. The van der Waals surface area contributed by atoms with Crippen molar-refractivity contribution < 1.29 is 14.6 Å². The molecule has 0 aliphatic heterocycles. The molecule has 0 saturated carbocycles. The van der Waals surface area contributed by atoms with E-state index in [9.17, 15) is 9.90 Å². The van der Waals surface area contributed by atoms with Gasteiger partial charge in [-0.3, -0.25) is 4.79 Å². The summed E-state index contributed by atoms with van der Waals surface area (Å²) in [7, 11) is 1.62. The molecule has 0 fully saturated rings. The Kier molecular flexibility index (Phi) is 8.10. The molecular weight excluding hydrogens is 550 g/mol. The minimum Gasteiger partial charge on any atom is -0.506 e. The first-order valence-corrected chi connectivity index (χ1v) is 11.7. The Morgan fingerprint density at radius 1 is 1.29 bits per heavy atom. The smallest absolute Gasteiger partial charge is 0.250 e. The number of carbonyl (C=O) groups excluding carboxylic acids is 1. The quantitative estimate of drug-likeness (QED) is 0.236. The third-order valence-electron chi connectivity index (χ3n) is 4.16. The minimum atomic E-state index is -0.300. The highest BCUT2D eigenvalue weighted by Gasteiger charge is 2.14. The molecule has 0 radical (unpaired) electrons. The van der Waals surface area contributed by atoms with Crippen LogP contribution in [0.2, 0.25) is 0 Å². The van der Waals surface area contributed by atoms with Crippen molar-refractivity contribution in [1.29, 1.82) is 0 Å². The topological polar surface area (TPSA) is 102 Å². The molecular formula is C20H19Br2N5O3S. The van der Waals surface area contributed by atoms with Crippen LogP contribution in [0.4, 0.5) is 0 Å². The van der Waals surface area contributed by atoms with Crippen LogP contribution in [0.25, 0.3) is 11.4 Å².